The fourth-order valence-corrected chi connectivity index (χ4v) is 2.49. The Morgan fingerprint density at radius 2 is 2.04 bits per heavy atom. The zero-order chi connectivity index (χ0) is 18.7. The monoisotopic (exact) mass is 356 g/mol. The largest absolute Gasteiger partial charge is 0.479 e. The number of hydrogen-bond acceptors (Lipinski definition) is 5. The molecule has 1 heterocycles. The van der Waals surface area contributed by atoms with Gasteiger partial charge in [0.15, 0.2) is 11.9 Å². The number of Topliss-reactive ketones (excluding diaryl/α,β-unsaturated/α-hetero) is 1. The summed E-state index contributed by atoms with van der Waals surface area (Å²) in [6, 6.07) is 10.7. The van der Waals surface area contributed by atoms with Gasteiger partial charge in [0.1, 0.15) is 17.3 Å². The van der Waals surface area contributed by atoms with Crippen LogP contribution in [0.1, 0.15) is 29.8 Å². The third kappa shape index (κ3) is 3.59. The van der Waals surface area contributed by atoms with Crippen LogP contribution in [-0.4, -0.2) is 24.5 Å². The van der Waals surface area contributed by atoms with Crippen molar-refractivity contribution < 1.29 is 28.2 Å². The van der Waals surface area contributed by atoms with E-state index in [1.165, 1.54) is 18.2 Å². The van der Waals surface area contributed by atoms with Crippen LogP contribution in [0.15, 0.2) is 48.2 Å². The van der Waals surface area contributed by atoms with Gasteiger partial charge in [-0.2, -0.15) is 0 Å². The third-order valence-electron chi connectivity index (χ3n) is 3.76. The van der Waals surface area contributed by atoms with Crippen LogP contribution in [0.25, 0.3) is 6.08 Å². The molecule has 2 aromatic carbocycles. The molecule has 134 valence electrons. The number of ether oxygens (including phenoxy) is 3. The number of carbonyl (C=O) groups excluding carboxylic acids is 2. The lowest BCUT2D eigenvalue weighted by Crippen LogP contribution is -2.26. The van der Waals surface area contributed by atoms with Crippen molar-refractivity contribution in [2.75, 3.05) is 6.61 Å². The average molecular weight is 356 g/mol. The first-order chi connectivity index (χ1) is 12.5. The van der Waals surface area contributed by atoms with Crippen molar-refractivity contribution in [3.63, 3.8) is 0 Å². The topological polar surface area (TPSA) is 61.8 Å². The first-order valence-electron chi connectivity index (χ1n) is 8.15. The van der Waals surface area contributed by atoms with E-state index in [2.05, 4.69) is 0 Å². The van der Waals surface area contributed by atoms with Gasteiger partial charge in [-0.3, -0.25) is 4.79 Å². The Hall–Kier alpha value is -3.15. The van der Waals surface area contributed by atoms with Crippen LogP contribution in [-0.2, 0) is 9.53 Å². The highest BCUT2D eigenvalue weighted by Crippen LogP contribution is 2.35. The Morgan fingerprint density at radius 1 is 1.27 bits per heavy atom. The molecule has 0 saturated carbocycles. The van der Waals surface area contributed by atoms with Crippen LogP contribution >= 0.6 is 0 Å². The van der Waals surface area contributed by atoms with Crippen LogP contribution in [0, 0.1) is 5.82 Å². The van der Waals surface area contributed by atoms with Gasteiger partial charge in [-0.15, -0.1) is 0 Å². The molecule has 0 bridgehead atoms. The van der Waals surface area contributed by atoms with E-state index in [-0.39, 0.29) is 23.7 Å². The molecule has 0 aliphatic carbocycles. The summed E-state index contributed by atoms with van der Waals surface area (Å²) >= 11 is 0. The van der Waals surface area contributed by atoms with Gasteiger partial charge in [0.05, 0.1) is 12.2 Å². The Bertz CT molecular complexity index is 888. The van der Waals surface area contributed by atoms with Crippen molar-refractivity contribution in [3.05, 3.63) is 65.2 Å². The maximum absolute atomic E-state index is 13.8. The summed E-state index contributed by atoms with van der Waals surface area (Å²) in [6.07, 6.45) is 0.568. The number of benzene rings is 2. The third-order valence-corrected chi connectivity index (χ3v) is 3.76. The van der Waals surface area contributed by atoms with Crippen molar-refractivity contribution in [1.82, 2.24) is 0 Å². The first kappa shape index (κ1) is 17.7. The predicted molar refractivity (Wildman–Crippen MR) is 92.5 cm³/mol. The molecule has 1 aliphatic rings. The van der Waals surface area contributed by atoms with Gasteiger partial charge in [-0.25, -0.2) is 9.18 Å². The minimum Gasteiger partial charge on any atom is -0.479 e. The molecule has 0 fully saturated rings. The summed E-state index contributed by atoms with van der Waals surface area (Å²) in [5, 5.41) is 0. The molecule has 0 radical (unpaired) electrons. The molecule has 5 nitrogen and oxygen atoms in total. The van der Waals surface area contributed by atoms with E-state index in [1.54, 1.807) is 44.2 Å². The number of halogens is 1. The van der Waals surface area contributed by atoms with E-state index in [9.17, 15) is 14.0 Å². The number of rotatable bonds is 5. The Balaban J connectivity index is 1.80. The molecule has 0 spiro atoms. The molecule has 6 heteroatoms. The van der Waals surface area contributed by atoms with Crippen molar-refractivity contribution >= 4 is 17.8 Å². The molecule has 0 N–H and O–H groups in total. The first-order valence-corrected chi connectivity index (χ1v) is 8.15. The van der Waals surface area contributed by atoms with Gasteiger partial charge in [-0.1, -0.05) is 18.2 Å². The molecular formula is C20H17FO5. The zero-order valence-electron chi connectivity index (χ0n) is 14.3. The predicted octanol–water partition coefficient (Wildman–Crippen LogP) is 3.77. The van der Waals surface area contributed by atoms with Gasteiger partial charge >= 0.3 is 5.97 Å². The van der Waals surface area contributed by atoms with Crippen LogP contribution in [0.5, 0.6) is 11.5 Å². The Morgan fingerprint density at radius 3 is 2.77 bits per heavy atom. The van der Waals surface area contributed by atoms with E-state index in [0.29, 0.717) is 17.1 Å². The summed E-state index contributed by atoms with van der Waals surface area (Å²) in [4.78, 5) is 24.1. The fourth-order valence-electron chi connectivity index (χ4n) is 2.49. The maximum atomic E-state index is 13.8. The van der Waals surface area contributed by atoms with Crippen molar-refractivity contribution in [1.29, 1.82) is 0 Å². The SMILES string of the molecule is CCOC(=O)[C@@H](C)Oc1ccc2c(c1)O/C(=C\c1ccccc1F)C2=O. The zero-order valence-corrected chi connectivity index (χ0v) is 14.3. The standard InChI is InChI=1S/C20H17FO5/c1-3-24-20(23)12(2)25-14-8-9-15-17(11-14)26-18(19(15)22)10-13-6-4-5-7-16(13)21/h4-12H,3H2,1-2H3/b18-10-/t12-/m1/s1. The molecule has 0 saturated heterocycles. The Labute approximate surface area is 150 Å². The van der Waals surface area contributed by atoms with Gasteiger partial charge in [-0.05, 0) is 38.1 Å². The lowest BCUT2D eigenvalue weighted by Gasteiger charge is -2.13. The lowest BCUT2D eigenvalue weighted by atomic mass is 10.1. The summed E-state index contributed by atoms with van der Waals surface area (Å²) in [6.45, 7) is 3.54. The van der Waals surface area contributed by atoms with E-state index in [1.807, 2.05) is 0 Å². The minimum atomic E-state index is -0.793. The van der Waals surface area contributed by atoms with Crippen LogP contribution in [0.4, 0.5) is 4.39 Å². The number of fused-ring (bicyclic) bond motifs is 1. The highest BCUT2D eigenvalue weighted by molar-refractivity contribution is 6.14. The van der Waals surface area contributed by atoms with Crippen LogP contribution in [0.2, 0.25) is 0 Å². The maximum Gasteiger partial charge on any atom is 0.347 e. The summed E-state index contributed by atoms with van der Waals surface area (Å²) in [7, 11) is 0. The van der Waals surface area contributed by atoms with E-state index in [4.69, 9.17) is 14.2 Å². The van der Waals surface area contributed by atoms with Gasteiger partial charge in [0.25, 0.3) is 0 Å². The fraction of sp³-hybridized carbons (Fsp3) is 0.200. The second-order valence-corrected chi connectivity index (χ2v) is 5.63. The van der Waals surface area contributed by atoms with Crippen LogP contribution < -0.4 is 9.47 Å². The number of hydrogen-bond donors (Lipinski definition) is 0. The molecule has 3 rings (SSSR count). The second-order valence-electron chi connectivity index (χ2n) is 5.63. The number of esters is 1. The average Bonchev–Trinajstić information content (AvgIpc) is 2.92. The van der Waals surface area contributed by atoms with Crippen LogP contribution in [0.3, 0.4) is 0 Å². The normalized spacial score (nSPS) is 15.3. The molecule has 0 aromatic heterocycles. The quantitative estimate of drug-likeness (QED) is 0.603. The summed E-state index contributed by atoms with van der Waals surface area (Å²) in [5.74, 6) is -0.575. The van der Waals surface area contributed by atoms with E-state index in [0.717, 1.165) is 0 Å². The second kappa shape index (κ2) is 7.39. The van der Waals surface area contributed by atoms with Crippen molar-refractivity contribution in [3.8, 4) is 11.5 Å². The molecule has 2 aromatic rings. The highest BCUT2D eigenvalue weighted by Gasteiger charge is 2.28. The van der Waals surface area contributed by atoms with E-state index >= 15 is 0 Å². The lowest BCUT2D eigenvalue weighted by molar-refractivity contribution is -0.150. The Kier molecular flexibility index (Phi) is 5.02. The number of ketones is 1. The molecule has 1 atom stereocenters. The molecule has 0 unspecified atom stereocenters. The molecule has 1 aliphatic heterocycles. The summed E-state index contributed by atoms with van der Waals surface area (Å²) < 4.78 is 29.7. The number of carbonyl (C=O) groups is 2. The van der Waals surface area contributed by atoms with Gasteiger partial charge < -0.3 is 14.2 Å². The molecule has 26 heavy (non-hydrogen) atoms. The van der Waals surface area contributed by atoms with Gasteiger partial charge in [0.2, 0.25) is 5.78 Å². The van der Waals surface area contributed by atoms with Crippen molar-refractivity contribution in [2.24, 2.45) is 0 Å². The van der Waals surface area contributed by atoms with Gasteiger partial charge in [0, 0.05) is 11.6 Å². The minimum absolute atomic E-state index is 0.0284. The molecular weight excluding hydrogens is 339 g/mol. The van der Waals surface area contributed by atoms with Crippen molar-refractivity contribution in [2.45, 2.75) is 20.0 Å². The highest BCUT2D eigenvalue weighted by atomic mass is 19.1. The smallest absolute Gasteiger partial charge is 0.347 e. The number of allylic oxidation sites excluding steroid dienone is 1. The summed E-state index contributed by atoms with van der Waals surface area (Å²) in [5.41, 5.74) is 0.611. The van der Waals surface area contributed by atoms with E-state index < -0.39 is 17.9 Å². The molecule has 0 amide bonds.